The number of nitro benzene ring substituents is 1. The number of aromatic nitrogens is 4. The highest BCUT2D eigenvalue weighted by Crippen LogP contribution is 2.37. The lowest BCUT2D eigenvalue weighted by Crippen LogP contribution is -1.99. The zero-order valence-corrected chi connectivity index (χ0v) is 17.0. The van der Waals surface area contributed by atoms with Crippen LogP contribution in [0.1, 0.15) is 0 Å². The monoisotopic (exact) mass is 431 g/mol. The van der Waals surface area contributed by atoms with Crippen LogP contribution in [-0.4, -0.2) is 24.7 Å². The summed E-state index contributed by atoms with van der Waals surface area (Å²) in [5.41, 5.74) is 2.69. The van der Waals surface area contributed by atoms with E-state index in [4.69, 9.17) is 0 Å². The molecule has 7 nitrogen and oxygen atoms in total. The number of hydrogen-bond donors (Lipinski definition) is 0. The number of fused-ring (bicyclic) bond motifs is 1. The molecule has 0 N–H and O–H groups in total. The van der Waals surface area contributed by atoms with Crippen LogP contribution in [-0.2, 0) is 0 Å². The van der Waals surface area contributed by atoms with Crippen LogP contribution in [0.4, 0.5) is 5.69 Å². The third-order valence-electron chi connectivity index (χ3n) is 4.42. The van der Waals surface area contributed by atoms with Crippen molar-refractivity contribution < 1.29 is 4.92 Å². The first-order valence-electron chi connectivity index (χ1n) is 8.98. The van der Waals surface area contributed by atoms with Crippen LogP contribution < -0.4 is 0 Å². The fourth-order valence-electron chi connectivity index (χ4n) is 3.05. The highest BCUT2D eigenvalue weighted by molar-refractivity contribution is 8.01. The summed E-state index contributed by atoms with van der Waals surface area (Å²) >= 11 is 2.79. The second-order valence-electron chi connectivity index (χ2n) is 6.33. The van der Waals surface area contributed by atoms with E-state index in [0.29, 0.717) is 5.16 Å². The van der Waals surface area contributed by atoms with Gasteiger partial charge in [0.15, 0.2) is 10.2 Å². The molecule has 2 heterocycles. The van der Waals surface area contributed by atoms with E-state index in [1.54, 1.807) is 12.1 Å². The third-order valence-corrected chi connectivity index (χ3v) is 6.45. The lowest BCUT2D eigenvalue weighted by molar-refractivity contribution is -0.384. The van der Waals surface area contributed by atoms with E-state index in [-0.39, 0.29) is 5.69 Å². The van der Waals surface area contributed by atoms with Gasteiger partial charge in [0.1, 0.15) is 0 Å². The van der Waals surface area contributed by atoms with Crippen molar-refractivity contribution in [2.75, 3.05) is 0 Å². The minimum absolute atomic E-state index is 0.0570. The van der Waals surface area contributed by atoms with Gasteiger partial charge in [0, 0.05) is 23.4 Å². The predicted molar refractivity (Wildman–Crippen MR) is 117 cm³/mol. The lowest BCUT2D eigenvalue weighted by Gasteiger charge is -2.09. The van der Waals surface area contributed by atoms with Gasteiger partial charge in [-0.05, 0) is 30.0 Å². The summed E-state index contributed by atoms with van der Waals surface area (Å²) in [4.78, 5) is 15.2. The molecule has 0 amide bonds. The summed E-state index contributed by atoms with van der Waals surface area (Å²) in [5, 5.41) is 20.6. The van der Waals surface area contributed by atoms with Crippen LogP contribution in [0.2, 0.25) is 0 Å². The van der Waals surface area contributed by atoms with Crippen LogP contribution in [0.15, 0.2) is 88.4 Å². The van der Waals surface area contributed by atoms with Crippen LogP contribution >= 0.6 is 23.1 Å². The molecular weight excluding hydrogens is 418 g/mol. The van der Waals surface area contributed by atoms with Gasteiger partial charge in [0.25, 0.3) is 5.69 Å². The summed E-state index contributed by atoms with van der Waals surface area (Å²) < 4.78 is 3.50. The molecule has 0 saturated carbocycles. The molecule has 5 rings (SSSR count). The van der Waals surface area contributed by atoms with Gasteiger partial charge in [0.2, 0.25) is 5.16 Å². The van der Waals surface area contributed by atoms with E-state index in [0.717, 1.165) is 31.6 Å². The SMILES string of the molecule is O=[N+]([O-])c1ccc2nc(Sc3nnc(-c4ccccc4)n3-c3ccccc3)sc2c1. The molecular formula is C21H13N5O2S2. The highest BCUT2D eigenvalue weighted by Gasteiger charge is 2.19. The Morgan fingerprint density at radius 2 is 1.67 bits per heavy atom. The van der Waals surface area contributed by atoms with Gasteiger partial charge < -0.3 is 0 Å². The molecule has 30 heavy (non-hydrogen) atoms. The average molecular weight is 432 g/mol. The van der Waals surface area contributed by atoms with Gasteiger partial charge in [-0.3, -0.25) is 14.7 Å². The fourth-order valence-corrected chi connectivity index (χ4v) is 5.10. The van der Waals surface area contributed by atoms with Gasteiger partial charge >= 0.3 is 0 Å². The quantitative estimate of drug-likeness (QED) is 0.266. The first kappa shape index (κ1) is 18.5. The van der Waals surface area contributed by atoms with E-state index in [9.17, 15) is 10.1 Å². The van der Waals surface area contributed by atoms with Crippen LogP contribution in [0.25, 0.3) is 27.3 Å². The molecule has 0 aliphatic carbocycles. The second-order valence-corrected chi connectivity index (χ2v) is 8.58. The van der Waals surface area contributed by atoms with Gasteiger partial charge in [-0.15, -0.1) is 21.5 Å². The normalized spacial score (nSPS) is 11.1. The lowest BCUT2D eigenvalue weighted by atomic mass is 10.2. The van der Waals surface area contributed by atoms with Crippen molar-refractivity contribution in [1.82, 2.24) is 19.7 Å². The Bertz CT molecular complexity index is 1350. The first-order valence-corrected chi connectivity index (χ1v) is 10.6. The van der Waals surface area contributed by atoms with Crippen molar-refractivity contribution >= 4 is 39.0 Å². The summed E-state index contributed by atoms with van der Waals surface area (Å²) in [7, 11) is 0. The average Bonchev–Trinajstić information content (AvgIpc) is 3.38. The van der Waals surface area contributed by atoms with Crippen LogP contribution in [0.5, 0.6) is 0 Å². The number of thiazole rings is 1. The summed E-state index contributed by atoms with van der Waals surface area (Å²) in [6.45, 7) is 0. The minimum Gasteiger partial charge on any atom is -0.270 e. The predicted octanol–water partition coefficient (Wildman–Crippen LogP) is 5.60. The van der Waals surface area contributed by atoms with Crippen LogP contribution in [0, 0.1) is 10.1 Å². The summed E-state index contributed by atoms with van der Waals surface area (Å²) in [6.07, 6.45) is 0. The zero-order chi connectivity index (χ0) is 20.5. The highest BCUT2D eigenvalue weighted by atomic mass is 32.2. The summed E-state index contributed by atoms with van der Waals surface area (Å²) in [5.74, 6) is 0.737. The Labute approximate surface area is 179 Å². The largest absolute Gasteiger partial charge is 0.270 e. The number of rotatable bonds is 5. The number of nitro groups is 1. The third kappa shape index (κ3) is 3.44. The molecule has 9 heteroatoms. The Kier molecular flexibility index (Phi) is 4.74. The number of nitrogens with zero attached hydrogens (tertiary/aromatic N) is 5. The Morgan fingerprint density at radius 3 is 2.40 bits per heavy atom. The molecule has 2 aromatic heterocycles. The van der Waals surface area contributed by atoms with Crippen molar-refractivity contribution in [1.29, 1.82) is 0 Å². The maximum atomic E-state index is 11.0. The smallest absolute Gasteiger partial charge is 0.270 e. The Balaban J connectivity index is 1.59. The van der Waals surface area contributed by atoms with Crippen molar-refractivity contribution in [3.63, 3.8) is 0 Å². The van der Waals surface area contributed by atoms with E-state index in [1.807, 2.05) is 65.2 Å². The van der Waals surface area contributed by atoms with Crippen molar-refractivity contribution in [3.05, 3.63) is 89.0 Å². The fraction of sp³-hybridized carbons (Fsp3) is 0. The number of para-hydroxylation sites is 1. The van der Waals surface area contributed by atoms with E-state index < -0.39 is 4.92 Å². The maximum absolute atomic E-state index is 11.0. The molecule has 0 aliphatic heterocycles. The van der Waals surface area contributed by atoms with E-state index in [2.05, 4.69) is 15.2 Å². The van der Waals surface area contributed by atoms with Gasteiger partial charge in [0.05, 0.1) is 15.1 Å². The van der Waals surface area contributed by atoms with Crippen molar-refractivity contribution in [3.8, 4) is 17.1 Å². The maximum Gasteiger partial charge on any atom is 0.270 e. The molecule has 0 bridgehead atoms. The minimum atomic E-state index is -0.399. The molecule has 0 spiro atoms. The Hall–Kier alpha value is -3.56. The van der Waals surface area contributed by atoms with Crippen LogP contribution in [0.3, 0.4) is 0 Å². The second kappa shape index (κ2) is 7.69. The van der Waals surface area contributed by atoms with Gasteiger partial charge in [-0.25, -0.2) is 4.98 Å². The van der Waals surface area contributed by atoms with Crippen molar-refractivity contribution in [2.24, 2.45) is 0 Å². The first-order chi connectivity index (χ1) is 14.7. The standard InChI is InChI=1S/C21H13N5O2S2/c27-26(28)16-11-12-17-18(13-16)29-21(22-17)30-20-24-23-19(14-7-3-1-4-8-14)25(20)15-9-5-2-6-10-15/h1-13H. The van der Waals surface area contributed by atoms with Gasteiger partial charge in [-0.1, -0.05) is 48.5 Å². The molecule has 3 aromatic carbocycles. The molecule has 0 radical (unpaired) electrons. The van der Waals surface area contributed by atoms with Gasteiger partial charge in [-0.2, -0.15) is 0 Å². The zero-order valence-electron chi connectivity index (χ0n) is 15.4. The molecule has 146 valence electrons. The molecule has 0 saturated heterocycles. The van der Waals surface area contributed by atoms with Crippen molar-refractivity contribution in [2.45, 2.75) is 9.50 Å². The number of benzene rings is 3. The number of non-ortho nitro benzene ring substituents is 1. The Morgan fingerprint density at radius 1 is 0.933 bits per heavy atom. The molecule has 0 fully saturated rings. The molecule has 0 aliphatic rings. The molecule has 5 aromatic rings. The van der Waals surface area contributed by atoms with E-state index in [1.165, 1.54) is 29.2 Å². The van der Waals surface area contributed by atoms with E-state index >= 15 is 0 Å². The topological polar surface area (TPSA) is 86.7 Å². The summed E-state index contributed by atoms with van der Waals surface area (Å²) in [6, 6.07) is 24.5. The molecule has 0 atom stereocenters. The number of hydrogen-bond acceptors (Lipinski definition) is 7. The molecule has 0 unspecified atom stereocenters.